The van der Waals surface area contributed by atoms with E-state index in [1.165, 1.54) is 5.56 Å². The molecule has 106 valence electrons. The van der Waals surface area contributed by atoms with Gasteiger partial charge >= 0.3 is 0 Å². The highest BCUT2D eigenvalue weighted by atomic mass is 32.1. The fourth-order valence-corrected chi connectivity index (χ4v) is 3.48. The molecule has 1 aromatic heterocycles. The molecule has 4 heteroatoms. The Morgan fingerprint density at radius 1 is 1.40 bits per heavy atom. The smallest absolute Gasteiger partial charge is 0.133 e. The first-order valence-corrected chi connectivity index (χ1v) is 7.82. The number of ether oxygens (including phenoxy) is 1. The van der Waals surface area contributed by atoms with Crippen LogP contribution in [0.25, 0.3) is 10.6 Å². The van der Waals surface area contributed by atoms with E-state index >= 15 is 0 Å². The summed E-state index contributed by atoms with van der Waals surface area (Å²) in [7, 11) is 1.95. The second-order valence-corrected chi connectivity index (χ2v) is 6.78. The fourth-order valence-electron chi connectivity index (χ4n) is 2.54. The molecule has 0 bridgehead atoms. The molecule has 1 aliphatic heterocycles. The Morgan fingerprint density at radius 2 is 2.20 bits per heavy atom. The van der Waals surface area contributed by atoms with Crippen LogP contribution in [0.3, 0.4) is 0 Å². The van der Waals surface area contributed by atoms with Gasteiger partial charge in [-0.25, -0.2) is 4.98 Å². The Morgan fingerprint density at radius 3 is 2.95 bits per heavy atom. The van der Waals surface area contributed by atoms with Crippen LogP contribution in [0.2, 0.25) is 0 Å². The number of aromatic nitrogens is 1. The lowest BCUT2D eigenvalue weighted by Gasteiger charge is -2.17. The van der Waals surface area contributed by atoms with Crippen LogP contribution in [-0.2, 0) is 6.42 Å². The molecular weight excluding hydrogens is 268 g/mol. The molecule has 0 saturated carbocycles. The largest absolute Gasteiger partial charge is 0.486 e. The molecule has 3 nitrogen and oxygen atoms in total. The SMILES string of the molecule is CNC(C)c1csc(-c2cccc3c2OC(C)(C)C3)n1. The summed E-state index contributed by atoms with van der Waals surface area (Å²) >= 11 is 1.68. The third-order valence-electron chi connectivity index (χ3n) is 3.72. The van der Waals surface area contributed by atoms with E-state index in [0.29, 0.717) is 0 Å². The number of fused-ring (bicyclic) bond motifs is 1. The summed E-state index contributed by atoms with van der Waals surface area (Å²) < 4.78 is 6.13. The predicted molar refractivity (Wildman–Crippen MR) is 83.4 cm³/mol. The predicted octanol–water partition coefficient (Wildman–Crippen LogP) is 3.80. The maximum Gasteiger partial charge on any atom is 0.133 e. The zero-order valence-electron chi connectivity index (χ0n) is 12.4. The van der Waals surface area contributed by atoms with Crippen LogP contribution in [0.5, 0.6) is 5.75 Å². The van der Waals surface area contributed by atoms with Crippen LogP contribution in [0.15, 0.2) is 23.6 Å². The molecule has 0 amide bonds. The van der Waals surface area contributed by atoms with Gasteiger partial charge in [-0.15, -0.1) is 11.3 Å². The number of thiazole rings is 1. The minimum atomic E-state index is -0.114. The minimum absolute atomic E-state index is 0.114. The second-order valence-electron chi connectivity index (χ2n) is 5.92. The van der Waals surface area contributed by atoms with Gasteiger partial charge in [0.05, 0.1) is 11.3 Å². The monoisotopic (exact) mass is 288 g/mol. The summed E-state index contributed by atoms with van der Waals surface area (Å²) in [5.74, 6) is 1.01. The van der Waals surface area contributed by atoms with Crippen molar-refractivity contribution in [1.29, 1.82) is 0 Å². The van der Waals surface area contributed by atoms with Gasteiger partial charge in [-0.1, -0.05) is 12.1 Å². The van der Waals surface area contributed by atoms with Gasteiger partial charge in [-0.3, -0.25) is 0 Å². The molecular formula is C16H20N2OS. The Labute approximate surface area is 124 Å². The van der Waals surface area contributed by atoms with Crippen molar-refractivity contribution in [2.45, 2.75) is 38.8 Å². The quantitative estimate of drug-likeness (QED) is 0.932. The van der Waals surface area contributed by atoms with Crippen LogP contribution in [-0.4, -0.2) is 17.6 Å². The van der Waals surface area contributed by atoms with Crippen molar-refractivity contribution in [2.24, 2.45) is 0 Å². The molecule has 0 fully saturated rings. The fraction of sp³-hybridized carbons (Fsp3) is 0.438. The highest BCUT2D eigenvalue weighted by Gasteiger charge is 2.32. The van der Waals surface area contributed by atoms with E-state index in [-0.39, 0.29) is 11.6 Å². The molecule has 1 aromatic carbocycles. The lowest BCUT2D eigenvalue weighted by atomic mass is 10.0. The maximum absolute atomic E-state index is 6.13. The molecule has 0 saturated heterocycles. The molecule has 2 aromatic rings. The highest BCUT2D eigenvalue weighted by molar-refractivity contribution is 7.13. The topological polar surface area (TPSA) is 34.1 Å². The van der Waals surface area contributed by atoms with E-state index < -0.39 is 0 Å². The van der Waals surface area contributed by atoms with E-state index in [2.05, 4.69) is 49.7 Å². The zero-order valence-corrected chi connectivity index (χ0v) is 13.2. The molecule has 0 radical (unpaired) electrons. The summed E-state index contributed by atoms with van der Waals surface area (Å²) in [4.78, 5) is 4.75. The van der Waals surface area contributed by atoms with Crippen molar-refractivity contribution in [3.63, 3.8) is 0 Å². The molecule has 1 unspecified atom stereocenters. The first kappa shape index (κ1) is 13.6. The summed E-state index contributed by atoms with van der Waals surface area (Å²) in [6.45, 7) is 6.38. The number of hydrogen-bond donors (Lipinski definition) is 1. The van der Waals surface area contributed by atoms with Crippen LogP contribution in [0, 0.1) is 0 Å². The summed E-state index contributed by atoms with van der Waals surface area (Å²) in [5.41, 5.74) is 3.37. The molecule has 3 rings (SSSR count). The molecule has 2 heterocycles. The number of nitrogens with one attached hydrogen (secondary N) is 1. The standard InChI is InChI=1S/C16H20N2OS/c1-10(17-4)13-9-20-15(18-13)12-7-5-6-11-8-16(2,3)19-14(11)12/h5-7,9-10,17H,8H2,1-4H3. The maximum atomic E-state index is 6.13. The van der Waals surface area contributed by atoms with Gasteiger partial charge in [-0.05, 0) is 39.4 Å². The van der Waals surface area contributed by atoms with E-state index in [1.807, 2.05) is 7.05 Å². The Kier molecular flexibility index (Phi) is 3.30. The van der Waals surface area contributed by atoms with Crippen molar-refractivity contribution >= 4 is 11.3 Å². The molecule has 1 aliphatic rings. The van der Waals surface area contributed by atoms with Gasteiger partial charge in [0.1, 0.15) is 16.4 Å². The normalized spacial score (nSPS) is 17.6. The summed E-state index contributed by atoms with van der Waals surface area (Å²) in [6.07, 6.45) is 0.960. The van der Waals surface area contributed by atoms with E-state index in [4.69, 9.17) is 9.72 Å². The van der Waals surface area contributed by atoms with Crippen LogP contribution >= 0.6 is 11.3 Å². The van der Waals surface area contributed by atoms with Crippen LogP contribution in [0.1, 0.15) is 38.1 Å². The molecule has 1 N–H and O–H groups in total. The van der Waals surface area contributed by atoms with Crippen molar-refractivity contribution in [3.05, 3.63) is 34.8 Å². The van der Waals surface area contributed by atoms with Gasteiger partial charge < -0.3 is 10.1 Å². The number of nitrogens with zero attached hydrogens (tertiary/aromatic N) is 1. The van der Waals surface area contributed by atoms with Crippen LogP contribution < -0.4 is 10.1 Å². The highest BCUT2D eigenvalue weighted by Crippen LogP contribution is 2.43. The van der Waals surface area contributed by atoms with Crippen molar-refractivity contribution < 1.29 is 4.74 Å². The van der Waals surface area contributed by atoms with E-state index in [0.717, 1.165) is 28.4 Å². The number of rotatable bonds is 3. The second kappa shape index (κ2) is 4.86. The number of hydrogen-bond acceptors (Lipinski definition) is 4. The van der Waals surface area contributed by atoms with Gasteiger partial charge in [0.2, 0.25) is 0 Å². The number of benzene rings is 1. The zero-order chi connectivity index (χ0) is 14.3. The van der Waals surface area contributed by atoms with Gasteiger partial charge in [0.25, 0.3) is 0 Å². The van der Waals surface area contributed by atoms with Gasteiger partial charge in [0.15, 0.2) is 0 Å². The van der Waals surface area contributed by atoms with Crippen molar-refractivity contribution in [2.75, 3.05) is 7.05 Å². The summed E-state index contributed by atoms with van der Waals surface area (Å²) in [6, 6.07) is 6.63. The molecule has 20 heavy (non-hydrogen) atoms. The molecule has 0 spiro atoms. The third kappa shape index (κ3) is 2.34. The summed E-state index contributed by atoms with van der Waals surface area (Å²) in [5, 5.41) is 6.38. The van der Waals surface area contributed by atoms with Gasteiger partial charge in [-0.2, -0.15) is 0 Å². The van der Waals surface area contributed by atoms with E-state index in [1.54, 1.807) is 11.3 Å². The number of para-hydroxylation sites is 1. The van der Waals surface area contributed by atoms with E-state index in [9.17, 15) is 0 Å². The lowest BCUT2D eigenvalue weighted by Crippen LogP contribution is -2.24. The van der Waals surface area contributed by atoms with Crippen molar-refractivity contribution in [1.82, 2.24) is 10.3 Å². The average molecular weight is 288 g/mol. The molecule has 1 atom stereocenters. The van der Waals surface area contributed by atoms with Crippen molar-refractivity contribution in [3.8, 4) is 16.3 Å². The van der Waals surface area contributed by atoms with Crippen LogP contribution in [0.4, 0.5) is 0 Å². The average Bonchev–Trinajstić information content (AvgIpc) is 2.99. The molecule has 0 aliphatic carbocycles. The Balaban J connectivity index is 2.01. The lowest BCUT2D eigenvalue weighted by molar-refractivity contribution is 0.139. The minimum Gasteiger partial charge on any atom is -0.486 e. The van der Waals surface area contributed by atoms with Gasteiger partial charge in [0, 0.05) is 17.8 Å². The third-order valence-corrected chi connectivity index (χ3v) is 4.61. The first-order valence-electron chi connectivity index (χ1n) is 6.94. The Hall–Kier alpha value is -1.39. The first-order chi connectivity index (χ1) is 9.50. The Bertz CT molecular complexity index is 633.